The molecule has 9 nitrogen and oxygen atoms in total. The van der Waals surface area contributed by atoms with Gasteiger partial charge in [-0.3, -0.25) is 9.52 Å². The summed E-state index contributed by atoms with van der Waals surface area (Å²) in [5.41, 5.74) is 0.711. The van der Waals surface area contributed by atoms with Gasteiger partial charge in [0.25, 0.3) is 5.91 Å². The van der Waals surface area contributed by atoms with Crippen LogP contribution in [0.25, 0.3) is 22.4 Å². The van der Waals surface area contributed by atoms with Crippen LogP contribution in [0.4, 0.5) is 10.2 Å². The molecule has 0 saturated heterocycles. The van der Waals surface area contributed by atoms with E-state index in [9.17, 15) is 26.0 Å². The molecule has 0 aliphatic heterocycles. The predicted molar refractivity (Wildman–Crippen MR) is 136 cm³/mol. The maximum Gasteiger partial charge on any atom is 0.255 e. The molecule has 0 aliphatic rings. The van der Waals surface area contributed by atoms with Gasteiger partial charge in [0.05, 0.1) is 20.3 Å². The SMILES string of the molecule is CNC(=O)c1c(-c2ccc(F)cc2)oc2nc(NS(=O)(=O)CCCCCS(C)(=O)=O)c(I)cc12. The molecule has 1 aromatic carbocycles. The first kappa shape index (κ1) is 26.3. The topological polar surface area (TPSA) is 135 Å². The number of nitrogens with one attached hydrogen (secondary N) is 2. The lowest BCUT2D eigenvalue weighted by Crippen LogP contribution is -2.19. The average Bonchev–Trinajstić information content (AvgIpc) is 3.10. The maximum atomic E-state index is 13.4. The second kappa shape index (κ2) is 10.6. The highest BCUT2D eigenvalue weighted by atomic mass is 127. The Hall–Kier alpha value is -2.26. The Morgan fingerprint density at radius 3 is 2.35 bits per heavy atom. The molecule has 0 spiro atoms. The number of carbonyl (C=O) groups excluding carboxylic acids is 1. The molecule has 2 aromatic heterocycles. The molecule has 34 heavy (non-hydrogen) atoms. The van der Waals surface area contributed by atoms with Gasteiger partial charge in [0.1, 0.15) is 21.4 Å². The fraction of sp³-hybridized carbons (Fsp3) is 0.333. The summed E-state index contributed by atoms with van der Waals surface area (Å²) >= 11 is 1.91. The number of hydrogen-bond acceptors (Lipinski definition) is 7. The standard InChI is InChI=1S/C21H23FIN3O6S2/c1-24-20(27)17-15-12-16(23)19(26-34(30,31)11-5-3-4-10-33(2,28)29)25-21(15)32-18(17)13-6-8-14(22)9-7-13/h6-9,12H,3-5,10-11H2,1-2H3,(H,24,27)(H,25,26). The van der Waals surface area contributed by atoms with Crippen LogP contribution in [0.15, 0.2) is 34.7 Å². The zero-order valence-electron chi connectivity index (χ0n) is 18.4. The number of nitrogens with zero attached hydrogens (tertiary/aromatic N) is 1. The van der Waals surface area contributed by atoms with E-state index in [1.54, 1.807) is 6.07 Å². The lowest BCUT2D eigenvalue weighted by Gasteiger charge is -2.09. The van der Waals surface area contributed by atoms with Crippen molar-refractivity contribution in [3.63, 3.8) is 0 Å². The number of pyridine rings is 1. The van der Waals surface area contributed by atoms with Crippen LogP contribution in [0.5, 0.6) is 0 Å². The zero-order chi connectivity index (χ0) is 25.1. The van der Waals surface area contributed by atoms with Gasteiger partial charge in [0, 0.05) is 24.6 Å². The number of halogens is 2. The predicted octanol–water partition coefficient (Wildman–Crippen LogP) is 3.55. The molecule has 0 atom stereocenters. The number of benzene rings is 1. The summed E-state index contributed by atoms with van der Waals surface area (Å²) in [7, 11) is -5.37. The number of hydrogen-bond donors (Lipinski definition) is 2. The summed E-state index contributed by atoms with van der Waals surface area (Å²) < 4.78 is 69.5. The number of fused-ring (bicyclic) bond motifs is 1. The second-order valence-corrected chi connectivity index (χ2v) is 12.9. The minimum atomic E-state index is -3.75. The molecule has 0 aliphatic carbocycles. The molecule has 0 fully saturated rings. The van der Waals surface area contributed by atoms with Crippen molar-refractivity contribution in [1.29, 1.82) is 0 Å². The molecule has 2 N–H and O–H groups in total. The van der Waals surface area contributed by atoms with Gasteiger partial charge in [-0.05, 0) is 65.8 Å². The minimum absolute atomic E-state index is 0.0130. The van der Waals surface area contributed by atoms with Crippen molar-refractivity contribution in [3.8, 4) is 11.3 Å². The van der Waals surface area contributed by atoms with Gasteiger partial charge < -0.3 is 9.73 Å². The molecule has 0 radical (unpaired) electrons. The molecular weight excluding hydrogens is 600 g/mol. The number of unbranched alkanes of at least 4 members (excludes halogenated alkanes) is 2. The van der Waals surface area contributed by atoms with Gasteiger partial charge in [0.15, 0.2) is 5.82 Å². The van der Waals surface area contributed by atoms with Gasteiger partial charge in [-0.2, -0.15) is 4.98 Å². The Kier molecular flexibility index (Phi) is 8.18. The van der Waals surface area contributed by atoms with E-state index in [0.717, 1.165) is 6.26 Å². The molecule has 0 unspecified atom stereocenters. The quantitative estimate of drug-likeness (QED) is 0.261. The van der Waals surface area contributed by atoms with Crippen LogP contribution < -0.4 is 10.0 Å². The highest BCUT2D eigenvalue weighted by Gasteiger charge is 2.24. The van der Waals surface area contributed by atoms with Crippen LogP contribution in [0.1, 0.15) is 29.6 Å². The third-order valence-electron chi connectivity index (χ3n) is 4.88. The summed E-state index contributed by atoms with van der Waals surface area (Å²) in [6.45, 7) is 0. The largest absolute Gasteiger partial charge is 0.437 e. The number of sulfonamides is 1. The van der Waals surface area contributed by atoms with E-state index in [4.69, 9.17) is 4.42 Å². The third-order valence-corrected chi connectivity index (χ3v) is 8.06. The highest BCUT2D eigenvalue weighted by Crippen LogP contribution is 2.35. The Morgan fingerprint density at radius 2 is 1.74 bits per heavy atom. The smallest absolute Gasteiger partial charge is 0.255 e. The second-order valence-electron chi connectivity index (χ2n) is 7.68. The van der Waals surface area contributed by atoms with Gasteiger partial charge in [-0.25, -0.2) is 21.2 Å². The van der Waals surface area contributed by atoms with Gasteiger partial charge in [0.2, 0.25) is 15.7 Å². The summed E-state index contributed by atoms with van der Waals surface area (Å²) in [5, 5.41) is 2.92. The van der Waals surface area contributed by atoms with Gasteiger partial charge >= 0.3 is 0 Å². The number of furan rings is 1. The van der Waals surface area contributed by atoms with Crippen molar-refractivity contribution < 1.29 is 30.4 Å². The summed E-state index contributed by atoms with van der Waals surface area (Å²) in [6, 6.07) is 7.01. The first-order valence-corrected chi connectivity index (χ1v) is 15.0. The molecule has 0 bridgehead atoms. The highest BCUT2D eigenvalue weighted by molar-refractivity contribution is 14.1. The summed E-state index contributed by atoms with van der Waals surface area (Å²) in [4.78, 5) is 16.9. The number of amides is 1. The number of anilines is 1. The van der Waals surface area contributed by atoms with Crippen LogP contribution in [0.2, 0.25) is 0 Å². The van der Waals surface area contributed by atoms with E-state index in [2.05, 4.69) is 15.0 Å². The van der Waals surface area contributed by atoms with Crippen LogP contribution >= 0.6 is 22.6 Å². The Bertz CT molecular complexity index is 1420. The van der Waals surface area contributed by atoms with Crippen molar-refractivity contribution in [2.45, 2.75) is 19.3 Å². The molecular formula is C21H23FIN3O6S2. The van der Waals surface area contributed by atoms with Gasteiger partial charge in [-0.15, -0.1) is 0 Å². The molecule has 3 aromatic rings. The number of carbonyl (C=O) groups is 1. The average molecular weight is 623 g/mol. The van der Waals surface area contributed by atoms with E-state index in [-0.39, 0.29) is 34.4 Å². The Morgan fingerprint density at radius 1 is 1.09 bits per heavy atom. The summed E-state index contributed by atoms with van der Waals surface area (Å²) in [6.07, 6.45) is 2.27. The molecule has 13 heteroatoms. The van der Waals surface area contributed by atoms with Crippen LogP contribution in [0.3, 0.4) is 0 Å². The third kappa shape index (κ3) is 6.66. The van der Waals surface area contributed by atoms with Crippen LogP contribution in [0, 0.1) is 9.39 Å². The van der Waals surface area contributed by atoms with Crippen molar-refractivity contribution in [3.05, 3.63) is 45.3 Å². The fourth-order valence-electron chi connectivity index (χ4n) is 3.26. The number of rotatable bonds is 10. The first-order chi connectivity index (χ1) is 15.9. The van der Waals surface area contributed by atoms with Crippen molar-refractivity contribution in [2.24, 2.45) is 0 Å². The Labute approximate surface area is 210 Å². The molecule has 1 amide bonds. The van der Waals surface area contributed by atoms with Crippen molar-refractivity contribution >= 4 is 65.3 Å². The zero-order valence-corrected chi connectivity index (χ0v) is 22.2. The van der Waals surface area contributed by atoms with E-state index in [0.29, 0.717) is 33.8 Å². The molecule has 3 rings (SSSR count). The molecule has 0 saturated carbocycles. The van der Waals surface area contributed by atoms with E-state index >= 15 is 0 Å². The summed E-state index contributed by atoms with van der Waals surface area (Å²) in [5.74, 6) is -0.829. The molecule has 2 heterocycles. The van der Waals surface area contributed by atoms with Gasteiger partial charge in [-0.1, -0.05) is 6.42 Å². The Balaban J connectivity index is 1.88. The van der Waals surface area contributed by atoms with Crippen LogP contribution in [-0.2, 0) is 19.9 Å². The van der Waals surface area contributed by atoms with Crippen molar-refractivity contribution in [1.82, 2.24) is 10.3 Å². The first-order valence-electron chi connectivity index (χ1n) is 10.2. The van der Waals surface area contributed by atoms with E-state index in [1.807, 2.05) is 22.6 Å². The maximum absolute atomic E-state index is 13.4. The molecule has 184 valence electrons. The van der Waals surface area contributed by atoms with E-state index < -0.39 is 31.6 Å². The lowest BCUT2D eigenvalue weighted by molar-refractivity contribution is 0.0964. The van der Waals surface area contributed by atoms with Crippen molar-refractivity contribution in [2.75, 3.05) is 29.5 Å². The lowest BCUT2D eigenvalue weighted by atomic mass is 10.1. The monoisotopic (exact) mass is 623 g/mol. The number of aromatic nitrogens is 1. The fourth-order valence-corrected chi connectivity index (χ4v) is 5.87. The normalized spacial score (nSPS) is 12.1. The number of sulfone groups is 1. The van der Waals surface area contributed by atoms with Crippen LogP contribution in [-0.4, -0.2) is 52.5 Å². The minimum Gasteiger partial charge on any atom is -0.437 e. The van der Waals surface area contributed by atoms with E-state index in [1.165, 1.54) is 31.3 Å².